The van der Waals surface area contributed by atoms with E-state index >= 15 is 0 Å². The van der Waals surface area contributed by atoms with Gasteiger partial charge in [0.15, 0.2) is 0 Å². The molecule has 16 heavy (non-hydrogen) atoms. The lowest BCUT2D eigenvalue weighted by molar-refractivity contribution is 0.578. The molecule has 1 aromatic carbocycles. The van der Waals surface area contributed by atoms with Crippen molar-refractivity contribution in [3.63, 3.8) is 0 Å². The Morgan fingerprint density at radius 2 is 2.06 bits per heavy atom. The summed E-state index contributed by atoms with van der Waals surface area (Å²) in [5.74, 6) is 0.554. The first-order valence-electron chi connectivity index (χ1n) is 4.87. The molecule has 0 aliphatic rings. The fraction of sp³-hybridized carbons (Fsp3) is 0.400. The van der Waals surface area contributed by atoms with E-state index in [1.165, 1.54) is 0 Å². The van der Waals surface area contributed by atoms with Crippen LogP contribution in [0, 0.1) is 0 Å². The first-order chi connectivity index (χ1) is 7.56. The fourth-order valence-electron chi connectivity index (χ4n) is 1.14. The Morgan fingerprint density at radius 3 is 2.69 bits per heavy atom. The number of hydrogen-bond acceptors (Lipinski definition) is 2. The highest BCUT2D eigenvalue weighted by Crippen LogP contribution is 2.15. The van der Waals surface area contributed by atoms with Crippen LogP contribution >= 0.6 is 27.5 Å². The summed E-state index contributed by atoms with van der Waals surface area (Å²) in [6.45, 7) is 0.418. The first-order valence-corrected chi connectivity index (χ1v) is 7.68. The van der Waals surface area contributed by atoms with Crippen LogP contribution in [-0.2, 0) is 10.0 Å². The van der Waals surface area contributed by atoms with E-state index in [0.29, 0.717) is 12.4 Å². The third-order valence-electron chi connectivity index (χ3n) is 1.96. The second-order valence-electron chi connectivity index (χ2n) is 3.25. The van der Waals surface area contributed by atoms with E-state index in [0.717, 1.165) is 17.3 Å². The van der Waals surface area contributed by atoms with E-state index in [9.17, 15) is 8.42 Å². The quantitative estimate of drug-likeness (QED) is 0.645. The van der Waals surface area contributed by atoms with Crippen LogP contribution < -0.4 is 4.72 Å². The Bertz CT molecular complexity index is 436. The molecule has 0 heterocycles. The number of alkyl halides is 1. The van der Waals surface area contributed by atoms with Crippen molar-refractivity contribution in [2.75, 3.05) is 12.4 Å². The van der Waals surface area contributed by atoms with E-state index in [2.05, 4.69) is 20.7 Å². The molecule has 0 unspecified atom stereocenters. The van der Waals surface area contributed by atoms with Crippen LogP contribution in [0.5, 0.6) is 0 Å². The van der Waals surface area contributed by atoms with Crippen molar-refractivity contribution in [1.29, 1.82) is 0 Å². The SMILES string of the molecule is O=S(=O)(NCCCCCl)c1cccc(Br)c1. The molecule has 0 bridgehead atoms. The Kier molecular flexibility index (Phi) is 5.75. The Morgan fingerprint density at radius 1 is 1.31 bits per heavy atom. The number of unbranched alkanes of at least 4 members (excludes halogenated alkanes) is 1. The summed E-state index contributed by atoms with van der Waals surface area (Å²) in [4.78, 5) is 0.271. The number of sulfonamides is 1. The molecule has 0 aliphatic heterocycles. The van der Waals surface area contributed by atoms with E-state index in [-0.39, 0.29) is 4.90 Å². The highest BCUT2D eigenvalue weighted by Gasteiger charge is 2.12. The maximum atomic E-state index is 11.8. The van der Waals surface area contributed by atoms with Gasteiger partial charge in [0.25, 0.3) is 0 Å². The molecule has 0 saturated carbocycles. The summed E-state index contributed by atoms with van der Waals surface area (Å²) in [6, 6.07) is 6.61. The number of rotatable bonds is 6. The number of hydrogen-bond donors (Lipinski definition) is 1. The van der Waals surface area contributed by atoms with Gasteiger partial charge in [-0.2, -0.15) is 0 Å². The van der Waals surface area contributed by atoms with Crippen LogP contribution in [0.4, 0.5) is 0 Å². The van der Waals surface area contributed by atoms with Gasteiger partial charge in [-0.3, -0.25) is 0 Å². The monoisotopic (exact) mass is 325 g/mol. The standard InChI is InChI=1S/C10H13BrClNO2S/c11-9-4-3-5-10(8-9)16(14,15)13-7-2-1-6-12/h3-5,8,13H,1-2,6-7H2. The fourth-order valence-corrected chi connectivity index (χ4v) is 3.00. The van der Waals surface area contributed by atoms with Gasteiger partial charge in [0.05, 0.1) is 4.90 Å². The van der Waals surface area contributed by atoms with E-state index in [1.807, 2.05) is 0 Å². The number of halogens is 2. The predicted octanol–water partition coefficient (Wildman–Crippen LogP) is 2.75. The Labute approximate surface area is 109 Å². The maximum absolute atomic E-state index is 11.8. The van der Waals surface area contributed by atoms with Gasteiger partial charge < -0.3 is 0 Å². The van der Waals surface area contributed by atoms with Gasteiger partial charge in [0.2, 0.25) is 10.0 Å². The maximum Gasteiger partial charge on any atom is 0.240 e. The predicted molar refractivity (Wildman–Crippen MR) is 69.3 cm³/mol. The topological polar surface area (TPSA) is 46.2 Å². The van der Waals surface area contributed by atoms with Crippen LogP contribution in [0.25, 0.3) is 0 Å². The lowest BCUT2D eigenvalue weighted by Gasteiger charge is -2.06. The number of nitrogens with one attached hydrogen (secondary N) is 1. The summed E-state index contributed by atoms with van der Waals surface area (Å²) < 4.78 is 26.8. The van der Waals surface area contributed by atoms with Crippen molar-refractivity contribution in [1.82, 2.24) is 4.72 Å². The summed E-state index contributed by atoms with van der Waals surface area (Å²) in [7, 11) is -3.39. The summed E-state index contributed by atoms with van der Waals surface area (Å²) in [6.07, 6.45) is 1.55. The third-order valence-corrected chi connectivity index (χ3v) is 4.18. The largest absolute Gasteiger partial charge is 0.240 e. The van der Waals surface area contributed by atoms with Gasteiger partial charge in [-0.15, -0.1) is 11.6 Å². The van der Waals surface area contributed by atoms with Crippen molar-refractivity contribution >= 4 is 37.6 Å². The minimum atomic E-state index is -3.39. The van der Waals surface area contributed by atoms with Crippen LogP contribution in [0.2, 0.25) is 0 Å². The summed E-state index contributed by atoms with van der Waals surface area (Å²) >= 11 is 8.74. The molecule has 1 rings (SSSR count). The molecule has 0 aromatic heterocycles. The Hall–Kier alpha value is -0.100. The number of benzene rings is 1. The minimum absolute atomic E-state index is 0.271. The second-order valence-corrected chi connectivity index (χ2v) is 6.31. The molecule has 0 fully saturated rings. The zero-order valence-corrected chi connectivity index (χ0v) is 11.8. The van der Waals surface area contributed by atoms with Gasteiger partial charge in [-0.1, -0.05) is 22.0 Å². The van der Waals surface area contributed by atoms with Crippen LogP contribution in [0.15, 0.2) is 33.6 Å². The molecule has 0 radical (unpaired) electrons. The van der Waals surface area contributed by atoms with Crippen molar-refractivity contribution < 1.29 is 8.42 Å². The molecular formula is C10H13BrClNO2S. The average Bonchev–Trinajstić information content (AvgIpc) is 2.24. The average molecular weight is 327 g/mol. The lowest BCUT2D eigenvalue weighted by Crippen LogP contribution is -2.24. The van der Waals surface area contributed by atoms with Crippen LogP contribution in [0.1, 0.15) is 12.8 Å². The van der Waals surface area contributed by atoms with Crippen LogP contribution in [0.3, 0.4) is 0 Å². The lowest BCUT2D eigenvalue weighted by atomic mass is 10.3. The van der Waals surface area contributed by atoms with E-state index in [1.54, 1.807) is 24.3 Å². The molecule has 6 heteroatoms. The smallest absolute Gasteiger partial charge is 0.211 e. The normalized spacial score (nSPS) is 11.6. The second kappa shape index (κ2) is 6.59. The van der Waals surface area contributed by atoms with Gasteiger partial charge in [-0.05, 0) is 31.0 Å². The summed E-state index contributed by atoms with van der Waals surface area (Å²) in [5.41, 5.74) is 0. The molecular weight excluding hydrogens is 314 g/mol. The molecule has 0 spiro atoms. The highest BCUT2D eigenvalue weighted by atomic mass is 79.9. The van der Waals surface area contributed by atoms with E-state index < -0.39 is 10.0 Å². The van der Waals surface area contributed by atoms with Crippen LogP contribution in [-0.4, -0.2) is 20.8 Å². The molecule has 0 saturated heterocycles. The van der Waals surface area contributed by atoms with Crippen molar-refractivity contribution in [2.45, 2.75) is 17.7 Å². The highest BCUT2D eigenvalue weighted by molar-refractivity contribution is 9.10. The van der Waals surface area contributed by atoms with Crippen molar-refractivity contribution in [2.24, 2.45) is 0 Å². The molecule has 0 atom stereocenters. The van der Waals surface area contributed by atoms with Crippen molar-refractivity contribution in [3.8, 4) is 0 Å². The molecule has 1 aromatic rings. The minimum Gasteiger partial charge on any atom is -0.211 e. The van der Waals surface area contributed by atoms with E-state index in [4.69, 9.17) is 11.6 Å². The van der Waals surface area contributed by atoms with Gasteiger partial charge in [-0.25, -0.2) is 13.1 Å². The van der Waals surface area contributed by atoms with Gasteiger partial charge in [0.1, 0.15) is 0 Å². The molecule has 0 amide bonds. The van der Waals surface area contributed by atoms with Gasteiger partial charge >= 0.3 is 0 Å². The zero-order valence-electron chi connectivity index (χ0n) is 8.62. The zero-order chi connectivity index (χ0) is 12.0. The molecule has 3 nitrogen and oxygen atoms in total. The van der Waals surface area contributed by atoms with Crippen molar-refractivity contribution in [3.05, 3.63) is 28.7 Å². The molecule has 1 N–H and O–H groups in total. The first kappa shape index (κ1) is 14.0. The summed E-state index contributed by atoms with van der Waals surface area (Å²) in [5, 5.41) is 0. The van der Waals surface area contributed by atoms with Gasteiger partial charge in [0, 0.05) is 16.9 Å². The molecule has 90 valence electrons. The third kappa shape index (κ3) is 4.41. The molecule has 0 aliphatic carbocycles. The Balaban J connectivity index is 2.64.